The lowest BCUT2D eigenvalue weighted by molar-refractivity contribution is 0.0855. The van der Waals surface area contributed by atoms with E-state index in [9.17, 15) is 5.11 Å². The monoisotopic (exact) mass is 184 g/mol. The van der Waals surface area contributed by atoms with Gasteiger partial charge in [-0.25, -0.2) is 0 Å². The first-order valence-corrected chi connectivity index (χ1v) is 4.53. The van der Waals surface area contributed by atoms with Crippen LogP contribution in [-0.2, 0) is 0 Å². The Bertz CT molecular complexity index is 138. The first kappa shape index (κ1) is 14.9. The molecule has 1 nitrogen and oxygen atoms in total. The van der Waals surface area contributed by atoms with Crippen LogP contribution >= 0.6 is 0 Å². The van der Waals surface area contributed by atoms with E-state index >= 15 is 0 Å². The SMILES string of the molecule is C.C=CC[C@H](O)[C@@H](CC=C)C(C)C. The minimum atomic E-state index is -0.263. The van der Waals surface area contributed by atoms with Crippen LogP contribution in [-0.4, -0.2) is 11.2 Å². The molecule has 0 aromatic heterocycles. The Balaban J connectivity index is 0. The molecule has 1 N–H and O–H groups in total. The minimum absolute atomic E-state index is 0. The van der Waals surface area contributed by atoms with Crippen LogP contribution < -0.4 is 0 Å². The van der Waals surface area contributed by atoms with Crippen molar-refractivity contribution in [3.8, 4) is 0 Å². The molecule has 0 aromatic carbocycles. The molecule has 0 saturated heterocycles. The Morgan fingerprint density at radius 1 is 1.15 bits per heavy atom. The van der Waals surface area contributed by atoms with Crippen molar-refractivity contribution in [2.75, 3.05) is 0 Å². The Kier molecular flexibility index (Phi) is 9.26. The van der Waals surface area contributed by atoms with Crippen molar-refractivity contribution in [2.45, 2.75) is 40.2 Å². The highest BCUT2D eigenvalue weighted by atomic mass is 16.3. The van der Waals surface area contributed by atoms with Crippen LogP contribution in [0.3, 0.4) is 0 Å². The molecule has 0 fully saturated rings. The summed E-state index contributed by atoms with van der Waals surface area (Å²) >= 11 is 0. The van der Waals surface area contributed by atoms with Crippen LogP contribution in [0.15, 0.2) is 25.3 Å². The van der Waals surface area contributed by atoms with Gasteiger partial charge < -0.3 is 5.11 Å². The largest absolute Gasteiger partial charge is 0.392 e. The van der Waals surface area contributed by atoms with Crippen LogP contribution in [0, 0.1) is 11.8 Å². The van der Waals surface area contributed by atoms with E-state index in [-0.39, 0.29) is 13.5 Å². The predicted molar refractivity (Wildman–Crippen MR) is 60.7 cm³/mol. The second kappa shape index (κ2) is 8.06. The van der Waals surface area contributed by atoms with E-state index in [0.717, 1.165) is 6.42 Å². The van der Waals surface area contributed by atoms with Gasteiger partial charge in [0.2, 0.25) is 0 Å². The zero-order valence-electron chi connectivity index (χ0n) is 8.16. The fourth-order valence-corrected chi connectivity index (χ4v) is 1.41. The normalized spacial score (nSPS) is 14.5. The van der Waals surface area contributed by atoms with Gasteiger partial charge in [0.05, 0.1) is 6.10 Å². The van der Waals surface area contributed by atoms with Crippen LogP contribution in [0.1, 0.15) is 34.1 Å². The summed E-state index contributed by atoms with van der Waals surface area (Å²) in [5.74, 6) is 0.818. The summed E-state index contributed by atoms with van der Waals surface area (Å²) in [6.07, 6.45) is 4.93. The predicted octanol–water partition coefficient (Wildman–Crippen LogP) is 3.41. The highest BCUT2D eigenvalue weighted by molar-refractivity contribution is 4.84. The summed E-state index contributed by atoms with van der Waals surface area (Å²) in [4.78, 5) is 0. The van der Waals surface area contributed by atoms with Crippen molar-refractivity contribution < 1.29 is 5.11 Å². The smallest absolute Gasteiger partial charge is 0.0608 e. The molecule has 1 heteroatoms. The lowest BCUT2D eigenvalue weighted by Gasteiger charge is -2.24. The quantitative estimate of drug-likeness (QED) is 0.627. The van der Waals surface area contributed by atoms with Crippen LogP contribution in [0.2, 0.25) is 0 Å². The Hall–Kier alpha value is -0.560. The maximum Gasteiger partial charge on any atom is 0.0608 e. The zero-order chi connectivity index (χ0) is 9.56. The highest BCUT2D eigenvalue weighted by Crippen LogP contribution is 2.21. The number of allylic oxidation sites excluding steroid dienone is 1. The topological polar surface area (TPSA) is 20.2 Å². The van der Waals surface area contributed by atoms with Gasteiger partial charge in [-0.15, -0.1) is 13.2 Å². The standard InChI is InChI=1S/C11H20O.CH4/c1-5-7-10(9(3)4)11(12)8-6-2;/h5-6,9-12H,1-2,7-8H2,3-4H3;1H4/t10-,11-;/m0./s1. The summed E-state index contributed by atoms with van der Waals surface area (Å²) in [6, 6.07) is 0. The van der Waals surface area contributed by atoms with Gasteiger partial charge in [-0.2, -0.15) is 0 Å². The average Bonchev–Trinajstić information content (AvgIpc) is 1.99. The molecular weight excluding hydrogens is 160 g/mol. The Morgan fingerprint density at radius 2 is 1.62 bits per heavy atom. The molecule has 78 valence electrons. The molecule has 0 aliphatic carbocycles. The van der Waals surface area contributed by atoms with E-state index < -0.39 is 0 Å². The van der Waals surface area contributed by atoms with Gasteiger partial charge in [-0.05, 0) is 24.7 Å². The highest BCUT2D eigenvalue weighted by Gasteiger charge is 2.19. The van der Waals surface area contributed by atoms with E-state index in [0.29, 0.717) is 18.3 Å². The van der Waals surface area contributed by atoms with E-state index in [1.165, 1.54) is 0 Å². The molecule has 0 amide bonds. The molecule has 0 aliphatic heterocycles. The molecule has 0 aromatic rings. The zero-order valence-corrected chi connectivity index (χ0v) is 8.16. The molecule has 0 spiro atoms. The third-order valence-corrected chi connectivity index (χ3v) is 2.20. The maximum atomic E-state index is 9.69. The fraction of sp³-hybridized carbons (Fsp3) is 0.667. The molecule has 0 radical (unpaired) electrons. The van der Waals surface area contributed by atoms with Gasteiger partial charge >= 0.3 is 0 Å². The number of hydrogen-bond donors (Lipinski definition) is 1. The van der Waals surface area contributed by atoms with Crippen LogP contribution in [0.5, 0.6) is 0 Å². The Labute approximate surface area is 83.2 Å². The van der Waals surface area contributed by atoms with Crippen molar-refractivity contribution >= 4 is 0 Å². The van der Waals surface area contributed by atoms with Crippen molar-refractivity contribution in [2.24, 2.45) is 11.8 Å². The third kappa shape index (κ3) is 5.64. The van der Waals surface area contributed by atoms with Gasteiger partial charge in [0, 0.05) is 0 Å². The van der Waals surface area contributed by atoms with Gasteiger partial charge in [0.25, 0.3) is 0 Å². The number of aliphatic hydroxyl groups excluding tert-OH is 1. The van der Waals surface area contributed by atoms with Crippen molar-refractivity contribution in [3.63, 3.8) is 0 Å². The van der Waals surface area contributed by atoms with Crippen molar-refractivity contribution in [3.05, 3.63) is 25.3 Å². The minimum Gasteiger partial charge on any atom is -0.392 e. The van der Waals surface area contributed by atoms with E-state index in [4.69, 9.17) is 0 Å². The van der Waals surface area contributed by atoms with Gasteiger partial charge in [0.1, 0.15) is 0 Å². The molecule has 0 bridgehead atoms. The first-order valence-electron chi connectivity index (χ1n) is 4.53. The van der Waals surface area contributed by atoms with Crippen LogP contribution in [0.25, 0.3) is 0 Å². The first-order chi connectivity index (χ1) is 5.63. The molecule has 0 unspecified atom stereocenters. The van der Waals surface area contributed by atoms with E-state index in [1.54, 1.807) is 6.08 Å². The average molecular weight is 184 g/mol. The lowest BCUT2D eigenvalue weighted by atomic mass is 9.86. The van der Waals surface area contributed by atoms with Crippen molar-refractivity contribution in [1.29, 1.82) is 0 Å². The van der Waals surface area contributed by atoms with Gasteiger partial charge in [-0.3, -0.25) is 0 Å². The molecular formula is C12H24O. The molecule has 0 heterocycles. The molecule has 0 aliphatic rings. The number of rotatable bonds is 6. The summed E-state index contributed by atoms with van der Waals surface area (Å²) in [5, 5.41) is 9.69. The van der Waals surface area contributed by atoms with E-state index in [1.807, 2.05) is 6.08 Å². The summed E-state index contributed by atoms with van der Waals surface area (Å²) in [7, 11) is 0. The number of aliphatic hydroxyl groups is 1. The summed E-state index contributed by atoms with van der Waals surface area (Å²) < 4.78 is 0. The lowest BCUT2D eigenvalue weighted by Crippen LogP contribution is -2.24. The molecule has 0 rings (SSSR count). The number of hydrogen-bond acceptors (Lipinski definition) is 1. The molecule has 2 atom stereocenters. The van der Waals surface area contributed by atoms with E-state index in [2.05, 4.69) is 27.0 Å². The Morgan fingerprint density at radius 3 is 1.92 bits per heavy atom. The second-order valence-corrected chi connectivity index (χ2v) is 3.52. The summed E-state index contributed by atoms with van der Waals surface area (Å²) in [6.45, 7) is 11.6. The third-order valence-electron chi connectivity index (χ3n) is 2.20. The fourth-order valence-electron chi connectivity index (χ4n) is 1.41. The maximum absolute atomic E-state index is 9.69. The van der Waals surface area contributed by atoms with Gasteiger partial charge in [0.15, 0.2) is 0 Å². The van der Waals surface area contributed by atoms with Crippen molar-refractivity contribution in [1.82, 2.24) is 0 Å². The molecule has 0 saturated carbocycles. The van der Waals surface area contributed by atoms with Crippen LogP contribution in [0.4, 0.5) is 0 Å². The second-order valence-electron chi connectivity index (χ2n) is 3.52. The summed E-state index contributed by atoms with van der Waals surface area (Å²) in [5.41, 5.74) is 0. The molecule has 13 heavy (non-hydrogen) atoms. The van der Waals surface area contributed by atoms with Gasteiger partial charge in [-0.1, -0.05) is 33.4 Å².